The molecule has 19 heavy (non-hydrogen) atoms. The molecule has 0 saturated carbocycles. The van der Waals surface area contributed by atoms with Crippen molar-refractivity contribution >= 4 is 17.9 Å². The molecule has 1 aliphatic heterocycles. The van der Waals surface area contributed by atoms with Gasteiger partial charge in [-0.2, -0.15) is 11.8 Å². The van der Waals surface area contributed by atoms with Gasteiger partial charge in [0.15, 0.2) is 0 Å². The highest BCUT2D eigenvalue weighted by atomic mass is 32.2. The molecule has 1 amide bonds. The van der Waals surface area contributed by atoms with Crippen LogP contribution in [0.15, 0.2) is 0 Å². The second kappa shape index (κ2) is 8.00. The van der Waals surface area contributed by atoms with Gasteiger partial charge in [-0.05, 0) is 52.2 Å². The quantitative estimate of drug-likeness (QED) is 0.731. The fourth-order valence-electron chi connectivity index (χ4n) is 1.94. The predicted octanol–water partition coefficient (Wildman–Crippen LogP) is 2.73. The lowest BCUT2D eigenvalue weighted by Crippen LogP contribution is -2.60. The molecule has 1 fully saturated rings. The first-order valence-electron chi connectivity index (χ1n) is 7.12. The summed E-state index contributed by atoms with van der Waals surface area (Å²) < 4.78 is 5.32. The zero-order chi connectivity index (χ0) is 14.3. The molecule has 0 spiro atoms. The van der Waals surface area contributed by atoms with E-state index in [1.807, 2.05) is 32.5 Å². The van der Waals surface area contributed by atoms with Gasteiger partial charge in [-0.15, -0.1) is 0 Å². The first-order valence-corrected chi connectivity index (χ1v) is 8.52. The lowest BCUT2D eigenvalue weighted by atomic mass is 10.1. The Morgan fingerprint density at radius 3 is 2.58 bits per heavy atom. The van der Waals surface area contributed by atoms with Crippen LogP contribution in [-0.2, 0) is 4.74 Å². The average Bonchev–Trinajstić information content (AvgIpc) is 2.22. The molecule has 0 bridgehead atoms. The van der Waals surface area contributed by atoms with Gasteiger partial charge in [0, 0.05) is 19.1 Å². The summed E-state index contributed by atoms with van der Waals surface area (Å²) in [5.74, 6) is 1.26. The van der Waals surface area contributed by atoms with Gasteiger partial charge in [-0.25, -0.2) is 4.79 Å². The summed E-state index contributed by atoms with van der Waals surface area (Å²) in [5.41, 5.74) is -0.396. The van der Waals surface area contributed by atoms with E-state index in [2.05, 4.69) is 11.6 Å². The summed E-state index contributed by atoms with van der Waals surface area (Å²) in [6.45, 7) is 8.31. The molecular formula is C14H28N2O2S. The maximum Gasteiger partial charge on any atom is 0.410 e. The number of carbonyl (C=O) groups excluding carboxylic acids is 1. The van der Waals surface area contributed by atoms with Crippen LogP contribution in [0.1, 0.15) is 40.0 Å². The summed E-state index contributed by atoms with van der Waals surface area (Å²) in [5, 5.41) is 3.49. The Morgan fingerprint density at radius 1 is 1.32 bits per heavy atom. The number of nitrogens with one attached hydrogen (secondary N) is 1. The Bertz CT molecular complexity index is 273. The largest absolute Gasteiger partial charge is 0.444 e. The van der Waals surface area contributed by atoms with Gasteiger partial charge in [0.2, 0.25) is 0 Å². The molecule has 1 rings (SSSR count). The van der Waals surface area contributed by atoms with Crippen LogP contribution in [-0.4, -0.2) is 54.3 Å². The second-order valence-corrected chi connectivity index (χ2v) is 7.08. The van der Waals surface area contributed by atoms with Gasteiger partial charge in [-0.3, -0.25) is 0 Å². The Kier molecular flexibility index (Phi) is 7.00. The molecule has 5 heteroatoms. The van der Waals surface area contributed by atoms with Crippen LogP contribution in [0.25, 0.3) is 0 Å². The number of carbonyl (C=O) groups is 1. The van der Waals surface area contributed by atoms with E-state index >= 15 is 0 Å². The van der Waals surface area contributed by atoms with E-state index in [9.17, 15) is 4.79 Å². The van der Waals surface area contributed by atoms with Crippen molar-refractivity contribution < 1.29 is 9.53 Å². The van der Waals surface area contributed by atoms with E-state index in [4.69, 9.17) is 4.74 Å². The first kappa shape index (κ1) is 16.6. The number of ether oxygens (including phenoxy) is 1. The highest BCUT2D eigenvalue weighted by Crippen LogP contribution is 2.15. The summed E-state index contributed by atoms with van der Waals surface area (Å²) in [6.07, 6.45) is 5.78. The summed E-state index contributed by atoms with van der Waals surface area (Å²) in [6, 6.07) is 0.452. The SMILES string of the molecule is CSCCCCCNC1CN(C(=O)OC(C)(C)C)C1. The van der Waals surface area contributed by atoms with Gasteiger partial charge in [0.05, 0.1) is 0 Å². The molecular weight excluding hydrogens is 260 g/mol. The van der Waals surface area contributed by atoms with Crippen LogP contribution in [0.5, 0.6) is 0 Å². The van der Waals surface area contributed by atoms with E-state index in [0.717, 1.165) is 19.6 Å². The highest BCUT2D eigenvalue weighted by molar-refractivity contribution is 7.98. The number of rotatable bonds is 7. The number of hydrogen-bond acceptors (Lipinski definition) is 4. The van der Waals surface area contributed by atoms with Crippen LogP contribution in [0.3, 0.4) is 0 Å². The molecule has 1 saturated heterocycles. The van der Waals surface area contributed by atoms with E-state index in [0.29, 0.717) is 6.04 Å². The fourth-order valence-corrected chi connectivity index (χ4v) is 2.43. The van der Waals surface area contributed by atoms with Crippen LogP contribution in [0.4, 0.5) is 4.79 Å². The molecule has 1 heterocycles. The van der Waals surface area contributed by atoms with E-state index in [1.165, 1.54) is 25.0 Å². The van der Waals surface area contributed by atoms with Gasteiger partial charge in [-0.1, -0.05) is 6.42 Å². The maximum atomic E-state index is 11.7. The Morgan fingerprint density at radius 2 is 2.00 bits per heavy atom. The molecule has 4 nitrogen and oxygen atoms in total. The van der Waals surface area contributed by atoms with Crippen LogP contribution in [0, 0.1) is 0 Å². The number of unbranched alkanes of at least 4 members (excludes halogenated alkanes) is 2. The van der Waals surface area contributed by atoms with Gasteiger partial charge < -0.3 is 15.0 Å². The molecule has 1 aliphatic rings. The predicted molar refractivity (Wildman–Crippen MR) is 81.8 cm³/mol. The number of hydrogen-bond donors (Lipinski definition) is 1. The molecule has 0 radical (unpaired) electrons. The van der Waals surface area contributed by atoms with Crippen LogP contribution < -0.4 is 5.32 Å². The minimum Gasteiger partial charge on any atom is -0.444 e. The van der Waals surface area contributed by atoms with Crippen molar-refractivity contribution in [2.24, 2.45) is 0 Å². The molecule has 0 aromatic rings. The summed E-state index contributed by atoms with van der Waals surface area (Å²) in [4.78, 5) is 13.5. The fraction of sp³-hybridized carbons (Fsp3) is 0.929. The number of nitrogens with zero attached hydrogens (tertiary/aromatic N) is 1. The normalized spacial score (nSPS) is 16.3. The van der Waals surface area contributed by atoms with Crippen molar-refractivity contribution in [1.29, 1.82) is 0 Å². The summed E-state index contributed by atoms with van der Waals surface area (Å²) in [7, 11) is 0. The lowest BCUT2D eigenvalue weighted by Gasteiger charge is -2.40. The second-order valence-electron chi connectivity index (χ2n) is 6.09. The first-order chi connectivity index (χ1) is 8.92. The smallest absolute Gasteiger partial charge is 0.410 e. The summed E-state index contributed by atoms with van der Waals surface area (Å²) >= 11 is 1.91. The van der Waals surface area contributed by atoms with Crippen molar-refractivity contribution in [2.75, 3.05) is 31.6 Å². The zero-order valence-electron chi connectivity index (χ0n) is 12.7. The third kappa shape index (κ3) is 7.06. The Balaban J connectivity index is 1.99. The van der Waals surface area contributed by atoms with Crippen molar-refractivity contribution in [1.82, 2.24) is 10.2 Å². The Hall–Kier alpha value is -0.420. The zero-order valence-corrected chi connectivity index (χ0v) is 13.5. The topological polar surface area (TPSA) is 41.6 Å². The lowest BCUT2D eigenvalue weighted by molar-refractivity contribution is 0.00536. The molecule has 0 unspecified atom stereocenters. The molecule has 0 aliphatic carbocycles. The van der Waals surface area contributed by atoms with Crippen molar-refractivity contribution in [3.8, 4) is 0 Å². The van der Waals surface area contributed by atoms with Crippen molar-refractivity contribution in [3.05, 3.63) is 0 Å². The van der Waals surface area contributed by atoms with E-state index in [-0.39, 0.29) is 6.09 Å². The third-order valence-electron chi connectivity index (χ3n) is 2.99. The van der Waals surface area contributed by atoms with Crippen molar-refractivity contribution in [2.45, 2.75) is 51.7 Å². The van der Waals surface area contributed by atoms with Crippen molar-refractivity contribution in [3.63, 3.8) is 0 Å². The third-order valence-corrected chi connectivity index (χ3v) is 3.69. The molecule has 0 aromatic carbocycles. The minimum atomic E-state index is -0.396. The molecule has 0 aromatic heterocycles. The molecule has 112 valence electrons. The average molecular weight is 288 g/mol. The van der Waals surface area contributed by atoms with Gasteiger partial charge in [0.1, 0.15) is 5.60 Å². The molecule has 1 N–H and O–H groups in total. The highest BCUT2D eigenvalue weighted by Gasteiger charge is 2.32. The number of thioether (sulfide) groups is 1. The van der Waals surface area contributed by atoms with Gasteiger partial charge in [0.25, 0.3) is 0 Å². The van der Waals surface area contributed by atoms with Crippen LogP contribution in [0.2, 0.25) is 0 Å². The van der Waals surface area contributed by atoms with E-state index in [1.54, 1.807) is 4.90 Å². The Labute approximate surface area is 121 Å². The van der Waals surface area contributed by atoms with E-state index < -0.39 is 5.60 Å². The number of amides is 1. The standard InChI is InChI=1S/C14H28N2O2S/c1-14(2,3)18-13(17)16-10-12(11-16)15-8-6-5-7-9-19-4/h12,15H,5-11H2,1-4H3. The maximum absolute atomic E-state index is 11.7. The van der Waals surface area contributed by atoms with Crippen LogP contribution >= 0.6 is 11.8 Å². The minimum absolute atomic E-state index is 0.189. The molecule has 0 atom stereocenters. The number of likely N-dealkylation sites (tertiary alicyclic amines) is 1. The monoisotopic (exact) mass is 288 g/mol. The van der Waals surface area contributed by atoms with Gasteiger partial charge >= 0.3 is 6.09 Å².